The van der Waals surface area contributed by atoms with Crippen LogP contribution in [-0.2, 0) is 0 Å². The highest BCUT2D eigenvalue weighted by atomic mass is 16.3. The predicted octanol–water partition coefficient (Wildman–Crippen LogP) is 3.15. The lowest BCUT2D eigenvalue weighted by Crippen LogP contribution is -2.41. The van der Waals surface area contributed by atoms with Crippen molar-refractivity contribution < 1.29 is 14.7 Å². The molecule has 1 aliphatic rings. The van der Waals surface area contributed by atoms with Crippen molar-refractivity contribution in [1.29, 1.82) is 0 Å². The van der Waals surface area contributed by atoms with Gasteiger partial charge >= 0.3 is 6.03 Å². The third-order valence-corrected chi connectivity index (χ3v) is 4.57. The molecule has 2 N–H and O–H groups in total. The normalized spacial score (nSPS) is 15.0. The van der Waals surface area contributed by atoms with E-state index in [0.717, 1.165) is 12.8 Å². The SMILES string of the molecule is O=C(c1ccccc1)c1cccc(NC(=O)N2CCC(CO)CC2)c1. The zero-order valence-electron chi connectivity index (χ0n) is 14.0. The van der Waals surface area contributed by atoms with E-state index in [9.17, 15) is 14.7 Å². The number of rotatable bonds is 4. The van der Waals surface area contributed by atoms with Gasteiger partial charge in [0.1, 0.15) is 0 Å². The molecule has 2 amide bonds. The molecule has 0 radical (unpaired) electrons. The smallest absolute Gasteiger partial charge is 0.321 e. The van der Waals surface area contributed by atoms with Gasteiger partial charge in [0.2, 0.25) is 0 Å². The summed E-state index contributed by atoms with van der Waals surface area (Å²) in [7, 11) is 0. The Morgan fingerprint density at radius 1 is 1.00 bits per heavy atom. The second-order valence-electron chi connectivity index (χ2n) is 6.32. The highest BCUT2D eigenvalue weighted by molar-refractivity contribution is 6.09. The van der Waals surface area contributed by atoms with Crippen LogP contribution in [0.4, 0.5) is 10.5 Å². The first kappa shape index (κ1) is 17.2. The van der Waals surface area contributed by atoms with Gasteiger partial charge in [0, 0.05) is 36.5 Å². The zero-order valence-corrected chi connectivity index (χ0v) is 14.0. The molecule has 130 valence electrons. The molecule has 3 rings (SSSR count). The van der Waals surface area contributed by atoms with Crippen LogP contribution < -0.4 is 5.32 Å². The number of nitrogens with zero attached hydrogens (tertiary/aromatic N) is 1. The molecule has 2 aromatic carbocycles. The quantitative estimate of drug-likeness (QED) is 0.842. The van der Waals surface area contributed by atoms with Crippen LogP contribution in [0.25, 0.3) is 0 Å². The fourth-order valence-corrected chi connectivity index (χ4v) is 3.02. The lowest BCUT2D eigenvalue weighted by molar-refractivity contribution is 0.103. The number of anilines is 1. The van der Waals surface area contributed by atoms with E-state index in [-0.39, 0.29) is 24.3 Å². The maximum absolute atomic E-state index is 12.5. The lowest BCUT2D eigenvalue weighted by atomic mass is 9.98. The van der Waals surface area contributed by atoms with Crippen molar-refractivity contribution in [2.24, 2.45) is 5.92 Å². The van der Waals surface area contributed by atoms with Crippen molar-refractivity contribution in [2.75, 3.05) is 25.0 Å². The Morgan fingerprint density at radius 3 is 2.36 bits per heavy atom. The Bertz CT molecular complexity index is 738. The molecule has 0 bridgehead atoms. The molecule has 0 unspecified atom stereocenters. The Morgan fingerprint density at radius 2 is 1.68 bits per heavy atom. The van der Waals surface area contributed by atoms with Crippen LogP contribution in [0.1, 0.15) is 28.8 Å². The van der Waals surface area contributed by atoms with Gasteiger partial charge in [-0.3, -0.25) is 4.79 Å². The summed E-state index contributed by atoms with van der Waals surface area (Å²) in [6.07, 6.45) is 1.63. The van der Waals surface area contributed by atoms with E-state index in [1.807, 2.05) is 18.2 Å². The molecule has 5 heteroatoms. The van der Waals surface area contributed by atoms with Gasteiger partial charge in [-0.1, -0.05) is 42.5 Å². The maximum Gasteiger partial charge on any atom is 0.321 e. The molecule has 1 aliphatic heterocycles. The summed E-state index contributed by atoms with van der Waals surface area (Å²) in [6.45, 7) is 1.46. The largest absolute Gasteiger partial charge is 0.396 e. The molecule has 5 nitrogen and oxygen atoms in total. The summed E-state index contributed by atoms with van der Waals surface area (Å²) < 4.78 is 0. The fourth-order valence-electron chi connectivity index (χ4n) is 3.02. The van der Waals surface area contributed by atoms with Gasteiger partial charge in [0.15, 0.2) is 5.78 Å². The van der Waals surface area contributed by atoms with Gasteiger partial charge in [-0.05, 0) is 30.9 Å². The average molecular weight is 338 g/mol. The number of nitrogens with one attached hydrogen (secondary N) is 1. The van der Waals surface area contributed by atoms with E-state index in [0.29, 0.717) is 29.9 Å². The van der Waals surface area contributed by atoms with Gasteiger partial charge in [-0.2, -0.15) is 0 Å². The minimum absolute atomic E-state index is 0.0690. The minimum Gasteiger partial charge on any atom is -0.396 e. The van der Waals surface area contributed by atoms with Crippen molar-refractivity contribution in [1.82, 2.24) is 4.90 Å². The second-order valence-corrected chi connectivity index (χ2v) is 6.32. The number of likely N-dealkylation sites (tertiary alicyclic amines) is 1. The fraction of sp³-hybridized carbons (Fsp3) is 0.300. The van der Waals surface area contributed by atoms with E-state index >= 15 is 0 Å². The third kappa shape index (κ3) is 4.25. The molecule has 0 spiro atoms. The second kappa shape index (κ2) is 7.94. The Labute approximate surface area is 147 Å². The summed E-state index contributed by atoms with van der Waals surface area (Å²) in [5, 5.41) is 12.0. The van der Waals surface area contributed by atoms with Crippen molar-refractivity contribution in [3.05, 3.63) is 65.7 Å². The first-order valence-electron chi connectivity index (χ1n) is 8.54. The van der Waals surface area contributed by atoms with E-state index < -0.39 is 0 Å². The molecule has 1 saturated heterocycles. The minimum atomic E-state index is -0.166. The van der Waals surface area contributed by atoms with Crippen molar-refractivity contribution in [3.8, 4) is 0 Å². The molecule has 0 aliphatic carbocycles. The number of piperidine rings is 1. The van der Waals surface area contributed by atoms with Gasteiger partial charge < -0.3 is 15.3 Å². The van der Waals surface area contributed by atoms with Crippen molar-refractivity contribution in [2.45, 2.75) is 12.8 Å². The van der Waals surface area contributed by atoms with Gasteiger partial charge in [0.05, 0.1) is 0 Å². The van der Waals surface area contributed by atoms with E-state index in [4.69, 9.17) is 0 Å². The first-order valence-corrected chi connectivity index (χ1v) is 8.54. The van der Waals surface area contributed by atoms with Gasteiger partial charge in [-0.15, -0.1) is 0 Å². The number of benzene rings is 2. The van der Waals surface area contributed by atoms with Crippen LogP contribution in [0.15, 0.2) is 54.6 Å². The molecule has 25 heavy (non-hydrogen) atoms. The van der Waals surface area contributed by atoms with Crippen molar-refractivity contribution in [3.63, 3.8) is 0 Å². The van der Waals surface area contributed by atoms with Gasteiger partial charge in [0.25, 0.3) is 0 Å². The average Bonchev–Trinajstić information content (AvgIpc) is 2.68. The molecular weight excluding hydrogens is 316 g/mol. The van der Waals surface area contributed by atoms with E-state index in [1.165, 1.54) is 0 Å². The number of aliphatic hydroxyl groups excluding tert-OH is 1. The highest BCUT2D eigenvalue weighted by Gasteiger charge is 2.22. The van der Waals surface area contributed by atoms with Gasteiger partial charge in [-0.25, -0.2) is 4.79 Å². The summed E-state index contributed by atoms with van der Waals surface area (Å²) >= 11 is 0. The number of carbonyl (C=O) groups is 2. The number of aliphatic hydroxyl groups is 1. The van der Waals surface area contributed by atoms with Crippen LogP contribution in [-0.4, -0.2) is 41.5 Å². The maximum atomic E-state index is 12.5. The molecule has 1 heterocycles. The standard InChI is InChI=1S/C20H22N2O3/c23-14-15-9-11-22(12-10-15)20(25)21-18-8-4-7-17(13-18)19(24)16-5-2-1-3-6-16/h1-8,13,15,23H,9-12,14H2,(H,21,25). The Balaban J connectivity index is 1.66. The summed E-state index contributed by atoms with van der Waals surface area (Å²) in [5.41, 5.74) is 1.77. The van der Waals surface area contributed by atoms with Crippen LogP contribution in [0.3, 0.4) is 0 Å². The Hall–Kier alpha value is -2.66. The summed E-state index contributed by atoms with van der Waals surface area (Å²) in [4.78, 5) is 26.6. The van der Waals surface area contributed by atoms with Crippen LogP contribution in [0, 0.1) is 5.92 Å². The number of amides is 2. The third-order valence-electron chi connectivity index (χ3n) is 4.57. The number of ketones is 1. The monoisotopic (exact) mass is 338 g/mol. The molecule has 0 aromatic heterocycles. The lowest BCUT2D eigenvalue weighted by Gasteiger charge is -2.31. The number of carbonyl (C=O) groups excluding carboxylic acids is 2. The Kier molecular flexibility index (Phi) is 5.46. The van der Waals surface area contributed by atoms with Crippen molar-refractivity contribution >= 4 is 17.5 Å². The predicted molar refractivity (Wildman–Crippen MR) is 96.7 cm³/mol. The zero-order chi connectivity index (χ0) is 17.6. The first-order chi connectivity index (χ1) is 12.2. The number of urea groups is 1. The van der Waals surface area contributed by atoms with E-state index in [2.05, 4.69) is 5.32 Å². The van der Waals surface area contributed by atoms with Crippen LogP contribution in [0.2, 0.25) is 0 Å². The molecular formula is C20H22N2O3. The number of hydrogen-bond donors (Lipinski definition) is 2. The number of hydrogen-bond acceptors (Lipinski definition) is 3. The highest BCUT2D eigenvalue weighted by Crippen LogP contribution is 2.19. The summed E-state index contributed by atoms with van der Waals surface area (Å²) in [6, 6.07) is 15.9. The van der Waals surface area contributed by atoms with Crippen LogP contribution in [0.5, 0.6) is 0 Å². The molecule has 1 fully saturated rings. The van der Waals surface area contributed by atoms with E-state index in [1.54, 1.807) is 41.3 Å². The summed E-state index contributed by atoms with van der Waals surface area (Å²) in [5.74, 6) is 0.219. The topological polar surface area (TPSA) is 69.6 Å². The molecule has 0 saturated carbocycles. The van der Waals surface area contributed by atoms with Crippen LogP contribution >= 0.6 is 0 Å². The molecule has 2 aromatic rings. The molecule has 0 atom stereocenters.